The fourth-order valence-electron chi connectivity index (χ4n) is 1.12. The molecule has 8 heteroatoms. The van der Waals surface area contributed by atoms with E-state index in [0.717, 1.165) is 6.07 Å². The smallest absolute Gasteiger partial charge is 0.361 e. The molecule has 1 rings (SSSR count). The Morgan fingerprint density at radius 3 is 2.50 bits per heavy atom. The van der Waals surface area contributed by atoms with Crippen molar-refractivity contribution < 1.29 is 25.8 Å². The number of hydrogen-bond acceptors (Lipinski definition) is 4. The minimum atomic E-state index is -4.71. The lowest BCUT2D eigenvalue weighted by Crippen LogP contribution is -2.21. The van der Waals surface area contributed by atoms with Gasteiger partial charge in [-0.2, -0.15) is 21.6 Å². The van der Waals surface area contributed by atoms with Crippen molar-refractivity contribution in [1.82, 2.24) is 0 Å². The molecule has 0 saturated carbocycles. The van der Waals surface area contributed by atoms with Crippen LogP contribution < -0.4 is 5.32 Å². The summed E-state index contributed by atoms with van der Waals surface area (Å²) in [6, 6.07) is 5.41. The van der Waals surface area contributed by atoms with E-state index in [4.69, 9.17) is 0 Å². The number of anilines is 1. The van der Waals surface area contributed by atoms with Gasteiger partial charge in [-0.25, -0.2) is 0 Å². The van der Waals surface area contributed by atoms with Gasteiger partial charge in [0.15, 0.2) is 6.61 Å². The van der Waals surface area contributed by atoms with Crippen molar-refractivity contribution in [2.24, 2.45) is 0 Å². The minimum absolute atomic E-state index is 0.0923. The van der Waals surface area contributed by atoms with Crippen molar-refractivity contribution in [1.29, 1.82) is 0 Å². The number of halogens is 3. The van der Waals surface area contributed by atoms with Crippen molar-refractivity contribution in [2.75, 3.05) is 11.9 Å². The zero-order valence-electron chi connectivity index (χ0n) is 9.07. The first-order valence-electron chi connectivity index (χ1n) is 4.69. The van der Waals surface area contributed by atoms with E-state index in [2.05, 4.69) is 16.1 Å². The van der Waals surface area contributed by atoms with Gasteiger partial charge in [-0.05, 0) is 18.3 Å². The van der Waals surface area contributed by atoms with Crippen molar-refractivity contribution in [2.45, 2.75) is 11.1 Å². The molecule has 18 heavy (non-hydrogen) atoms. The van der Waals surface area contributed by atoms with Gasteiger partial charge in [0.25, 0.3) is 10.1 Å². The summed E-state index contributed by atoms with van der Waals surface area (Å²) in [6.07, 6.45) is -3.51. The van der Waals surface area contributed by atoms with Gasteiger partial charge < -0.3 is 5.32 Å². The Hall–Kier alpha value is -1.54. The van der Waals surface area contributed by atoms with Gasteiger partial charge in [0.2, 0.25) is 0 Å². The molecule has 1 aromatic rings. The second-order valence-electron chi connectivity index (χ2n) is 3.18. The van der Waals surface area contributed by atoms with Gasteiger partial charge in [0, 0.05) is 0 Å². The summed E-state index contributed by atoms with van der Waals surface area (Å²) in [6.45, 7) is 1.47. The Morgan fingerprint density at radius 2 is 1.94 bits per heavy atom. The average Bonchev–Trinajstić information content (AvgIpc) is 2.27. The predicted molar refractivity (Wildman–Crippen MR) is 59.5 cm³/mol. The molecule has 0 fully saturated rings. The molecular formula is C10H10F3NO3S. The Morgan fingerprint density at radius 1 is 1.33 bits per heavy atom. The van der Waals surface area contributed by atoms with E-state index < -0.39 is 22.9 Å². The molecule has 0 radical (unpaired) electrons. The summed E-state index contributed by atoms with van der Waals surface area (Å²) in [4.78, 5) is -0.380. The van der Waals surface area contributed by atoms with Crippen LogP contribution in [0.2, 0.25) is 0 Å². The highest BCUT2D eigenvalue weighted by Crippen LogP contribution is 2.25. The number of nitrogens with one attached hydrogen (secondary N) is 1. The maximum absolute atomic E-state index is 11.9. The van der Waals surface area contributed by atoms with Crippen LogP contribution in [0.3, 0.4) is 0 Å². The molecule has 0 aliphatic carbocycles. The first-order chi connectivity index (χ1) is 8.26. The zero-order chi connectivity index (χ0) is 13.8. The van der Waals surface area contributed by atoms with E-state index in [1.54, 1.807) is 0 Å². The van der Waals surface area contributed by atoms with Crippen LogP contribution >= 0.6 is 0 Å². The van der Waals surface area contributed by atoms with E-state index in [1.807, 2.05) is 0 Å². The van der Waals surface area contributed by atoms with Crippen LogP contribution in [0.25, 0.3) is 0 Å². The van der Waals surface area contributed by atoms with E-state index in [9.17, 15) is 21.6 Å². The predicted octanol–water partition coefficient (Wildman–Crippen LogP) is 2.51. The van der Waals surface area contributed by atoms with Gasteiger partial charge in [-0.1, -0.05) is 18.7 Å². The molecule has 0 spiro atoms. The maximum Gasteiger partial charge on any atom is 0.413 e. The Bertz CT molecular complexity index is 525. The second kappa shape index (κ2) is 5.40. The lowest BCUT2D eigenvalue weighted by molar-refractivity contribution is -0.152. The van der Waals surface area contributed by atoms with Gasteiger partial charge in [-0.15, -0.1) is 0 Å². The summed E-state index contributed by atoms with van der Waals surface area (Å²) in [5.74, 6) is 0. The van der Waals surface area contributed by atoms with Crippen molar-refractivity contribution >= 4 is 15.8 Å². The van der Waals surface area contributed by atoms with Crippen LogP contribution in [0.4, 0.5) is 18.9 Å². The van der Waals surface area contributed by atoms with Gasteiger partial charge in [-0.3, -0.25) is 4.18 Å². The first kappa shape index (κ1) is 14.5. The Kier molecular flexibility index (Phi) is 4.36. The Balaban J connectivity index is 3.01. The molecule has 0 aromatic heterocycles. The van der Waals surface area contributed by atoms with Crippen LogP contribution in [-0.4, -0.2) is 21.2 Å². The lowest BCUT2D eigenvalue weighted by Gasteiger charge is -2.11. The molecule has 4 nitrogen and oxygen atoms in total. The summed E-state index contributed by atoms with van der Waals surface area (Å²) < 4.78 is 62.9. The number of rotatable bonds is 5. The highest BCUT2D eigenvalue weighted by Gasteiger charge is 2.32. The van der Waals surface area contributed by atoms with Crippen molar-refractivity contribution in [3.05, 3.63) is 37.0 Å². The molecule has 0 amide bonds. The van der Waals surface area contributed by atoms with E-state index in [1.165, 1.54) is 24.4 Å². The van der Waals surface area contributed by atoms with Crippen LogP contribution in [0, 0.1) is 0 Å². The largest absolute Gasteiger partial charge is 0.413 e. The number of hydrogen-bond donors (Lipinski definition) is 1. The summed E-state index contributed by atoms with van der Waals surface area (Å²) >= 11 is 0. The minimum Gasteiger partial charge on any atom is -0.361 e. The molecule has 100 valence electrons. The van der Waals surface area contributed by atoms with Crippen LogP contribution in [0.5, 0.6) is 0 Å². The number of benzene rings is 1. The summed E-state index contributed by atoms with van der Waals surface area (Å²) in [5.41, 5.74) is 0.0923. The molecule has 0 unspecified atom stereocenters. The summed E-state index contributed by atoms with van der Waals surface area (Å²) in [7, 11) is -4.48. The molecule has 0 aliphatic heterocycles. The molecule has 1 N–H and O–H groups in total. The molecule has 1 aromatic carbocycles. The van der Waals surface area contributed by atoms with Crippen molar-refractivity contribution in [3.8, 4) is 0 Å². The summed E-state index contributed by atoms with van der Waals surface area (Å²) in [5, 5.41) is 2.50. The third-order valence-electron chi connectivity index (χ3n) is 1.79. The highest BCUT2D eigenvalue weighted by molar-refractivity contribution is 7.87. The first-order valence-corrected chi connectivity index (χ1v) is 6.10. The second-order valence-corrected chi connectivity index (χ2v) is 4.76. The van der Waals surface area contributed by atoms with Crippen molar-refractivity contribution in [3.63, 3.8) is 0 Å². The molecular weight excluding hydrogens is 271 g/mol. The van der Waals surface area contributed by atoms with Crippen LogP contribution in [0.1, 0.15) is 0 Å². The molecule has 0 heterocycles. The van der Waals surface area contributed by atoms with E-state index >= 15 is 0 Å². The average molecular weight is 281 g/mol. The third kappa shape index (κ3) is 4.04. The van der Waals surface area contributed by atoms with Crippen LogP contribution in [0.15, 0.2) is 41.9 Å². The standard InChI is InChI=1S/C10H10F3NO3S/c1-2-14-8-5-3-4-6-9(8)18(15,16)17-7-10(11,12)13/h2-6,14H,1,7H2. The highest BCUT2D eigenvalue weighted by atomic mass is 32.2. The SMILES string of the molecule is C=CNc1ccccc1S(=O)(=O)OCC(F)(F)F. The quantitative estimate of drug-likeness (QED) is 0.843. The van der Waals surface area contributed by atoms with Crippen LogP contribution in [-0.2, 0) is 14.3 Å². The van der Waals surface area contributed by atoms with Gasteiger partial charge in [0.05, 0.1) is 5.69 Å². The molecule has 0 bridgehead atoms. The normalized spacial score (nSPS) is 12.2. The van der Waals surface area contributed by atoms with Gasteiger partial charge in [0.1, 0.15) is 4.90 Å². The third-order valence-corrected chi connectivity index (χ3v) is 3.11. The molecule has 0 saturated heterocycles. The fourth-order valence-corrected chi connectivity index (χ4v) is 2.18. The lowest BCUT2D eigenvalue weighted by atomic mass is 10.3. The topological polar surface area (TPSA) is 55.4 Å². The van der Waals surface area contributed by atoms with Gasteiger partial charge >= 0.3 is 6.18 Å². The van der Waals surface area contributed by atoms with E-state index in [-0.39, 0.29) is 10.6 Å². The zero-order valence-corrected chi connectivity index (χ0v) is 9.88. The number of para-hydroxylation sites is 1. The number of alkyl halides is 3. The monoisotopic (exact) mass is 281 g/mol. The maximum atomic E-state index is 11.9. The Labute approximate surface area is 102 Å². The van der Waals surface area contributed by atoms with E-state index in [0.29, 0.717) is 0 Å². The molecule has 0 atom stereocenters. The molecule has 0 aliphatic rings. The fraction of sp³-hybridized carbons (Fsp3) is 0.200.